The van der Waals surface area contributed by atoms with Gasteiger partial charge in [0, 0.05) is 25.7 Å². The Hall–Kier alpha value is -1.59. The van der Waals surface area contributed by atoms with Crippen LogP contribution in [0.4, 0.5) is 0 Å². The average Bonchev–Trinajstić information content (AvgIpc) is 2.44. The van der Waals surface area contributed by atoms with E-state index in [1.807, 2.05) is 6.92 Å². The van der Waals surface area contributed by atoms with Gasteiger partial charge in [-0.25, -0.2) is 4.79 Å². The van der Waals surface area contributed by atoms with Gasteiger partial charge in [0.1, 0.15) is 18.5 Å². The third-order valence-electron chi connectivity index (χ3n) is 2.57. The van der Waals surface area contributed by atoms with Gasteiger partial charge in [-0.2, -0.15) is 0 Å². The molecule has 5 heteroatoms. The molecule has 0 radical (unpaired) electrons. The van der Waals surface area contributed by atoms with Crippen molar-refractivity contribution >= 4 is 5.97 Å². The van der Waals surface area contributed by atoms with Crippen molar-refractivity contribution < 1.29 is 23.7 Å². The van der Waals surface area contributed by atoms with Crippen LogP contribution in [0.25, 0.3) is 0 Å². The molecule has 1 atom stereocenters. The van der Waals surface area contributed by atoms with Crippen molar-refractivity contribution in [1.82, 2.24) is 0 Å². The minimum absolute atomic E-state index is 0. The van der Waals surface area contributed by atoms with Gasteiger partial charge in [0.25, 0.3) is 0 Å². The summed E-state index contributed by atoms with van der Waals surface area (Å²) in [7, 11) is 1.59. The number of carbonyl (C=O) groups is 1. The third-order valence-corrected chi connectivity index (χ3v) is 2.57. The van der Waals surface area contributed by atoms with Crippen molar-refractivity contribution in [1.29, 1.82) is 0 Å². The van der Waals surface area contributed by atoms with Crippen molar-refractivity contribution in [2.75, 3.05) is 33.5 Å². The van der Waals surface area contributed by atoms with Gasteiger partial charge in [-0.3, -0.25) is 0 Å². The highest BCUT2D eigenvalue weighted by Crippen LogP contribution is 2.07. The lowest BCUT2D eigenvalue weighted by Gasteiger charge is -2.17. The topological polar surface area (TPSA) is 54.0 Å². The summed E-state index contributed by atoms with van der Waals surface area (Å²) in [5, 5.41) is 0. The molecule has 0 aliphatic heterocycles. The van der Waals surface area contributed by atoms with Gasteiger partial charge < -0.3 is 18.9 Å². The molecule has 0 aromatic carbocycles. The quantitative estimate of drug-likeness (QED) is 0.178. The number of methoxy groups -OCH3 is 1. The van der Waals surface area contributed by atoms with Gasteiger partial charge in [0.15, 0.2) is 0 Å². The van der Waals surface area contributed by atoms with Gasteiger partial charge in [-0.05, 0) is 19.4 Å². The van der Waals surface area contributed by atoms with E-state index in [4.69, 9.17) is 18.9 Å². The fraction of sp³-hybridized carbons (Fsp3) is 0.611. The second-order valence-electron chi connectivity index (χ2n) is 4.72. The molecular weight excluding hydrogens is 296 g/mol. The van der Waals surface area contributed by atoms with Gasteiger partial charge in [0.2, 0.25) is 0 Å². The molecule has 0 saturated heterocycles. The van der Waals surface area contributed by atoms with Crippen LogP contribution >= 0.6 is 0 Å². The first-order valence-corrected chi connectivity index (χ1v) is 6.79. The van der Waals surface area contributed by atoms with Gasteiger partial charge in [0.05, 0.1) is 13.2 Å². The molecule has 0 aliphatic rings. The second kappa shape index (κ2) is 15.3. The predicted octanol–water partition coefficient (Wildman–Crippen LogP) is 3.91. The molecule has 0 N–H and O–H groups in total. The zero-order valence-electron chi connectivity index (χ0n) is 13.3. The highest BCUT2D eigenvalue weighted by molar-refractivity contribution is 5.86. The van der Waals surface area contributed by atoms with Crippen molar-refractivity contribution in [3.63, 3.8) is 0 Å². The van der Waals surface area contributed by atoms with Gasteiger partial charge >= 0.3 is 5.97 Å². The Balaban J connectivity index is -0.00000200. The summed E-state index contributed by atoms with van der Waals surface area (Å²) in [6.07, 6.45) is 0.438. The molecule has 5 nitrogen and oxygen atoms in total. The summed E-state index contributed by atoms with van der Waals surface area (Å²) in [5.41, 5.74) is 1.18. The Morgan fingerprint density at radius 2 is 1.57 bits per heavy atom. The molecule has 0 saturated carbocycles. The zero-order chi connectivity index (χ0) is 16.3. The maximum absolute atomic E-state index is 11.1. The van der Waals surface area contributed by atoms with E-state index in [1.54, 1.807) is 14.0 Å². The Morgan fingerprint density at radius 1 is 0.957 bits per heavy atom. The molecule has 1 unspecified atom stereocenters. The second-order valence-corrected chi connectivity index (χ2v) is 4.72. The number of hydrogen-bond donors (Lipinski definition) is 0. The number of ether oxygens (including phenoxy) is 4. The molecule has 0 aromatic rings. The van der Waals surface area contributed by atoms with Crippen LogP contribution in [0.1, 0.15) is 35.1 Å². The number of rotatable bonds is 12. The fourth-order valence-electron chi connectivity index (χ4n) is 1.16. The maximum atomic E-state index is 11.1. The molecule has 0 aliphatic carbocycles. The minimum atomic E-state index is -0.378. The van der Waals surface area contributed by atoms with Crippen LogP contribution in [-0.4, -0.2) is 45.6 Å². The van der Waals surface area contributed by atoms with E-state index < -0.39 is 0 Å². The first kappa shape index (κ1) is 26.3. The normalized spacial score (nSPS) is 10.6. The molecular formula is C18H34O5. The number of allylic oxidation sites excluding steroid dienone is 1. The van der Waals surface area contributed by atoms with Crippen LogP contribution < -0.4 is 0 Å². The van der Waals surface area contributed by atoms with Crippen LogP contribution in [-0.2, 0) is 23.7 Å². The number of hydrogen-bond acceptors (Lipinski definition) is 5. The largest absolute Gasteiger partial charge is 0.491 e. The van der Waals surface area contributed by atoms with Gasteiger partial charge in [-0.15, -0.1) is 0 Å². The van der Waals surface area contributed by atoms with Crippen molar-refractivity contribution in [3.05, 3.63) is 36.6 Å². The molecule has 0 bridgehead atoms. The molecule has 136 valence electrons. The third kappa shape index (κ3) is 13.8. The maximum Gasteiger partial charge on any atom is 0.333 e. The smallest absolute Gasteiger partial charge is 0.333 e. The lowest BCUT2D eigenvalue weighted by molar-refractivity contribution is -0.139. The van der Waals surface area contributed by atoms with Crippen molar-refractivity contribution in [3.8, 4) is 0 Å². The van der Waals surface area contributed by atoms with E-state index >= 15 is 0 Å². The molecule has 23 heavy (non-hydrogen) atoms. The lowest BCUT2D eigenvalue weighted by Crippen LogP contribution is -2.24. The van der Waals surface area contributed by atoms with Crippen LogP contribution in [0.2, 0.25) is 0 Å². The molecule has 0 spiro atoms. The molecule has 0 fully saturated rings. The molecule has 0 aromatic heterocycles. The van der Waals surface area contributed by atoms with Crippen molar-refractivity contribution in [2.24, 2.45) is 0 Å². The molecule has 0 rings (SSSR count). The summed E-state index contributed by atoms with van der Waals surface area (Å²) >= 11 is 0. The average molecular weight is 330 g/mol. The Bertz CT molecular complexity index is 374. The fourth-order valence-corrected chi connectivity index (χ4v) is 1.16. The zero-order valence-corrected chi connectivity index (χ0v) is 13.3. The monoisotopic (exact) mass is 330 g/mol. The summed E-state index contributed by atoms with van der Waals surface area (Å²) in [4.78, 5) is 11.1. The highest BCUT2D eigenvalue weighted by Gasteiger charge is 2.09. The molecule has 0 amide bonds. The Morgan fingerprint density at radius 3 is 2.04 bits per heavy atom. The number of esters is 1. The molecule has 0 heterocycles. The van der Waals surface area contributed by atoms with Crippen LogP contribution in [0.5, 0.6) is 0 Å². The van der Waals surface area contributed by atoms with Gasteiger partial charge in [-0.1, -0.05) is 34.6 Å². The highest BCUT2D eigenvalue weighted by atomic mass is 16.6. The lowest BCUT2D eigenvalue weighted by atomic mass is 10.3. The first-order valence-electron chi connectivity index (χ1n) is 6.79. The predicted molar refractivity (Wildman–Crippen MR) is 95.4 cm³/mol. The van der Waals surface area contributed by atoms with E-state index in [9.17, 15) is 4.79 Å². The van der Waals surface area contributed by atoms with Crippen LogP contribution in [0.3, 0.4) is 0 Å². The Kier molecular flexibility index (Phi) is 17.5. The van der Waals surface area contributed by atoms with Crippen LogP contribution in [0, 0.1) is 0 Å². The summed E-state index contributed by atoms with van der Waals surface area (Å²) in [6, 6.07) is 0. The SMILES string of the molecule is C.C.C=C(C)C(=C)OCC(COCCCOC(=O)C(=C)C)OC. The first-order chi connectivity index (χ1) is 9.88. The minimum Gasteiger partial charge on any atom is -0.491 e. The van der Waals surface area contributed by atoms with Crippen molar-refractivity contribution in [2.45, 2.75) is 41.2 Å². The van der Waals surface area contributed by atoms with E-state index in [2.05, 4.69) is 19.7 Å². The van der Waals surface area contributed by atoms with E-state index in [0.29, 0.717) is 44.2 Å². The summed E-state index contributed by atoms with van der Waals surface area (Å²) < 4.78 is 21.1. The summed E-state index contributed by atoms with van der Waals surface area (Å²) in [5.74, 6) is 0.167. The summed E-state index contributed by atoms with van der Waals surface area (Å²) in [6.45, 7) is 16.0. The van der Waals surface area contributed by atoms with Crippen LogP contribution in [0.15, 0.2) is 36.6 Å². The van der Waals surface area contributed by atoms with E-state index in [-0.39, 0.29) is 26.9 Å². The Labute approximate surface area is 142 Å². The van der Waals surface area contributed by atoms with E-state index in [1.165, 1.54) is 0 Å². The standard InChI is InChI=1S/C16H26O5.2CH4/c1-12(2)14(5)21-11-15(18-6)10-19-8-7-9-20-16(17)13(3)4;;/h15H,1,3,5,7-11H2,2,4,6H3;2*1H4. The van der Waals surface area contributed by atoms with E-state index in [0.717, 1.165) is 5.57 Å². The number of carbonyl (C=O) groups excluding carboxylic acids is 1.